The van der Waals surface area contributed by atoms with Crippen molar-refractivity contribution in [1.29, 1.82) is 0 Å². The first kappa shape index (κ1) is 22.1. The number of hydrogen-bond donors (Lipinski definition) is 1. The quantitative estimate of drug-likeness (QED) is 0.454. The van der Waals surface area contributed by atoms with Crippen LogP contribution in [0.5, 0.6) is 0 Å². The molecule has 0 radical (unpaired) electrons. The van der Waals surface area contributed by atoms with Crippen molar-refractivity contribution >= 4 is 28.2 Å². The fourth-order valence-electron chi connectivity index (χ4n) is 4.80. The Kier molecular flexibility index (Phi) is 5.34. The monoisotopic (exact) mass is 467 g/mol. The zero-order chi connectivity index (χ0) is 24.1. The van der Waals surface area contributed by atoms with Crippen molar-refractivity contribution in [1.82, 2.24) is 19.7 Å². The molecule has 34 heavy (non-hydrogen) atoms. The van der Waals surface area contributed by atoms with E-state index >= 15 is 4.39 Å². The van der Waals surface area contributed by atoms with Crippen LogP contribution in [0.3, 0.4) is 0 Å². The number of carbonyl (C=O) groups is 1. The third kappa shape index (κ3) is 3.52. The lowest BCUT2D eigenvalue weighted by molar-refractivity contribution is 0.0964. The second-order valence-electron chi connectivity index (χ2n) is 8.58. The molecular formula is C25H24F3N5O. The summed E-state index contributed by atoms with van der Waals surface area (Å²) in [6.07, 6.45) is 3.66. The number of hydrogen-bond acceptors (Lipinski definition) is 3. The molecule has 0 aliphatic carbocycles. The Balaban J connectivity index is 1.68. The van der Waals surface area contributed by atoms with Gasteiger partial charge in [-0.25, -0.2) is 13.2 Å². The molecule has 2 aromatic carbocycles. The molecule has 1 N–H and O–H groups in total. The lowest BCUT2D eigenvalue weighted by atomic mass is 9.92. The molecular weight excluding hydrogens is 443 g/mol. The molecule has 3 heterocycles. The van der Waals surface area contributed by atoms with Gasteiger partial charge in [-0.15, -0.1) is 0 Å². The van der Waals surface area contributed by atoms with E-state index in [0.29, 0.717) is 46.2 Å². The largest absolute Gasteiger partial charge is 0.355 e. The van der Waals surface area contributed by atoms with E-state index in [1.807, 2.05) is 0 Å². The third-order valence-electron chi connectivity index (χ3n) is 6.44. The topological polar surface area (TPSA) is 55.1 Å². The Morgan fingerprint density at radius 2 is 1.91 bits per heavy atom. The van der Waals surface area contributed by atoms with E-state index in [9.17, 15) is 13.6 Å². The first-order valence-electron chi connectivity index (χ1n) is 11.0. The molecule has 0 bridgehead atoms. The van der Waals surface area contributed by atoms with Crippen LogP contribution in [0.1, 0.15) is 34.3 Å². The maximum Gasteiger partial charge on any atom is 0.264 e. The zero-order valence-corrected chi connectivity index (χ0v) is 19.1. The van der Waals surface area contributed by atoms with Gasteiger partial charge in [0, 0.05) is 68.3 Å². The fraction of sp³-hybridized carbons (Fsp3) is 0.280. The molecule has 0 spiro atoms. The Morgan fingerprint density at radius 3 is 2.59 bits per heavy atom. The summed E-state index contributed by atoms with van der Waals surface area (Å²) in [4.78, 5) is 14.1. The Labute approximate surface area is 194 Å². The summed E-state index contributed by atoms with van der Waals surface area (Å²) in [5.41, 5.74) is 3.63. The first-order chi connectivity index (χ1) is 16.3. The normalized spacial score (nSPS) is 13.6. The van der Waals surface area contributed by atoms with Crippen molar-refractivity contribution in [3.63, 3.8) is 0 Å². The van der Waals surface area contributed by atoms with E-state index in [1.165, 1.54) is 19.2 Å². The van der Waals surface area contributed by atoms with Crippen LogP contribution in [0.25, 0.3) is 22.0 Å². The molecule has 6 nitrogen and oxygen atoms in total. The molecule has 5 rings (SSSR count). The van der Waals surface area contributed by atoms with Crippen molar-refractivity contribution in [2.45, 2.75) is 19.3 Å². The number of nitrogens with zero attached hydrogens (tertiary/aromatic N) is 4. The number of fused-ring (bicyclic) bond motifs is 2. The smallest absolute Gasteiger partial charge is 0.264 e. The molecule has 0 fully saturated rings. The number of benzene rings is 2. The van der Waals surface area contributed by atoms with E-state index in [4.69, 9.17) is 0 Å². The Hall–Kier alpha value is -3.75. The Morgan fingerprint density at radius 1 is 1.12 bits per heavy atom. The van der Waals surface area contributed by atoms with Crippen LogP contribution in [0.2, 0.25) is 0 Å². The van der Waals surface area contributed by atoms with E-state index < -0.39 is 12.2 Å². The molecule has 1 amide bonds. The van der Waals surface area contributed by atoms with Crippen LogP contribution in [0.4, 0.5) is 24.5 Å². The second kappa shape index (κ2) is 8.23. The number of aryl methyl sites for hydroxylation is 3. The molecule has 1 aliphatic heterocycles. The third-order valence-corrected chi connectivity index (χ3v) is 6.44. The van der Waals surface area contributed by atoms with E-state index in [1.54, 1.807) is 59.0 Å². The van der Waals surface area contributed by atoms with E-state index in [-0.39, 0.29) is 17.2 Å². The van der Waals surface area contributed by atoms with Gasteiger partial charge in [0.15, 0.2) is 0 Å². The number of carbonyl (C=O) groups excluding carboxylic acids is 1. The van der Waals surface area contributed by atoms with Crippen molar-refractivity contribution in [2.75, 3.05) is 18.5 Å². The van der Waals surface area contributed by atoms with Gasteiger partial charge < -0.3 is 14.8 Å². The van der Waals surface area contributed by atoms with Crippen molar-refractivity contribution in [3.8, 4) is 11.1 Å². The molecule has 0 saturated heterocycles. The highest BCUT2D eigenvalue weighted by molar-refractivity contribution is 6.08. The Bertz CT molecular complexity index is 1420. The second-order valence-corrected chi connectivity index (χ2v) is 8.58. The molecule has 2 aromatic heterocycles. The summed E-state index contributed by atoms with van der Waals surface area (Å²) >= 11 is 0. The molecule has 9 heteroatoms. The van der Waals surface area contributed by atoms with Gasteiger partial charge in [0.1, 0.15) is 5.82 Å². The SMILES string of the molecule is CNC(=O)c1cn(C)c2cc(F)c(N3CCCc4cc(-c5cnn(C)c5)c(C(F)F)cc43)cc12. The summed E-state index contributed by atoms with van der Waals surface area (Å²) in [5, 5.41) is 7.33. The minimum absolute atomic E-state index is 0.120. The van der Waals surface area contributed by atoms with Crippen LogP contribution in [0, 0.1) is 5.82 Å². The summed E-state index contributed by atoms with van der Waals surface area (Å²) in [5.74, 6) is -0.747. The number of anilines is 2. The first-order valence-corrected chi connectivity index (χ1v) is 11.0. The lowest BCUT2D eigenvalue weighted by Gasteiger charge is -2.33. The molecule has 0 atom stereocenters. The predicted octanol–water partition coefficient (Wildman–Crippen LogP) is 5.10. The van der Waals surface area contributed by atoms with Crippen LogP contribution in [-0.2, 0) is 20.5 Å². The van der Waals surface area contributed by atoms with Gasteiger partial charge in [0.05, 0.1) is 23.0 Å². The highest BCUT2D eigenvalue weighted by Gasteiger charge is 2.27. The van der Waals surface area contributed by atoms with Gasteiger partial charge in [0.25, 0.3) is 12.3 Å². The van der Waals surface area contributed by atoms with E-state index in [0.717, 1.165) is 12.0 Å². The van der Waals surface area contributed by atoms with Crippen LogP contribution < -0.4 is 10.2 Å². The number of amides is 1. The minimum atomic E-state index is -2.70. The van der Waals surface area contributed by atoms with Crippen LogP contribution >= 0.6 is 0 Å². The fourth-order valence-corrected chi connectivity index (χ4v) is 4.80. The summed E-state index contributed by atoms with van der Waals surface area (Å²) in [7, 11) is 5.03. The number of alkyl halides is 2. The summed E-state index contributed by atoms with van der Waals surface area (Å²) in [6.45, 7) is 0.479. The standard InChI is InChI=1S/C25H24F3N5O/c1-29-25(34)19-13-31(2)22-10-20(26)23(8-17(19)22)33-6-4-5-14-7-16(15-11-30-32(3)12-15)18(24(27)28)9-21(14)33/h7-13,24H,4-6H2,1-3H3,(H,29,34). The summed E-state index contributed by atoms with van der Waals surface area (Å²) < 4.78 is 46.9. The lowest BCUT2D eigenvalue weighted by Crippen LogP contribution is -2.26. The molecule has 0 saturated carbocycles. The number of aromatic nitrogens is 3. The van der Waals surface area contributed by atoms with Gasteiger partial charge in [0.2, 0.25) is 0 Å². The predicted molar refractivity (Wildman–Crippen MR) is 125 cm³/mol. The van der Waals surface area contributed by atoms with Gasteiger partial charge >= 0.3 is 0 Å². The molecule has 0 unspecified atom stereocenters. The van der Waals surface area contributed by atoms with Crippen LogP contribution in [0.15, 0.2) is 42.9 Å². The average molecular weight is 467 g/mol. The molecule has 176 valence electrons. The zero-order valence-electron chi connectivity index (χ0n) is 19.1. The minimum Gasteiger partial charge on any atom is -0.355 e. The maximum absolute atomic E-state index is 15.4. The highest BCUT2D eigenvalue weighted by atomic mass is 19.3. The average Bonchev–Trinajstić information content (AvgIpc) is 3.39. The van der Waals surface area contributed by atoms with Gasteiger partial charge in [-0.1, -0.05) is 0 Å². The van der Waals surface area contributed by atoms with Crippen LogP contribution in [-0.4, -0.2) is 33.8 Å². The molecule has 4 aromatic rings. The van der Waals surface area contributed by atoms with Crippen molar-refractivity contribution in [2.24, 2.45) is 14.1 Å². The van der Waals surface area contributed by atoms with Crippen molar-refractivity contribution < 1.29 is 18.0 Å². The number of rotatable bonds is 4. The highest BCUT2D eigenvalue weighted by Crippen LogP contribution is 2.42. The molecule has 1 aliphatic rings. The number of nitrogens with one attached hydrogen (secondary N) is 1. The van der Waals surface area contributed by atoms with Crippen molar-refractivity contribution in [3.05, 3.63) is 65.4 Å². The maximum atomic E-state index is 15.4. The van der Waals surface area contributed by atoms with Gasteiger partial charge in [-0.05, 0) is 42.2 Å². The number of halogens is 3. The van der Waals surface area contributed by atoms with Gasteiger partial charge in [-0.2, -0.15) is 5.10 Å². The summed E-state index contributed by atoms with van der Waals surface area (Å²) in [6, 6.07) is 6.27. The van der Waals surface area contributed by atoms with Gasteiger partial charge in [-0.3, -0.25) is 9.48 Å². The van der Waals surface area contributed by atoms with E-state index in [2.05, 4.69) is 10.4 Å².